The van der Waals surface area contributed by atoms with Gasteiger partial charge in [-0.15, -0.1) is 0 Å². The van der Waals surface area contributed by atoms with E-state index in [0.717, 1.165) is 23.1 Å². The van der Waals surface area contributed by atoms with E-state index >= 15 is 0 Å². The molecule has 0 aliphatic carbocycles. The molecule has 7 heteroatoms. The van der Waals surface area contributed by atoms with Crippen LogP contribution in [0.5, 0.6) is 0 Å². The van der Waals surface area contributed by atoms with Gasteiger partial charge in [0, 0.05) is 10.6 Å². The van der Waals surface area contributed by atoms with Crippen LogP contribution in [0.1, 0.15) is 18.1 Å². The molecule has 2 aromatic rings. The summed E-state index contributed by atoms with van der Waals surface area (Å²) in [4.78, 5) is 25.9. The maximum absolute atomic E-state index is 14.1. The molecule has 1 aliphatic heterocycles. The van der Waals surface area contributed by atoms with E-state index in [1.165, 1.54) is 6.92 Å². The molecule has 1 saturated heterocycles. The molecule has 1 N–H and O–H groups in total. The van der Waals surface area contributed by atoms with Gasteiger partial charge in [0.05, 0.1) is 6.54 Å². The molecule has 0 bridgehead atoms. The Morgan fingerprint density at radius 3 is 2.62 bits per heavy atom. The largest absolute Gasteiger partial charge is 0.325 e. The summed E-state index contributed by atoms with van der Waals surface area (Å²) in [5.74, 6) is -2.11. The predicted molar refractivity (Wildman–Crippen MR) is 84.2 cm³/mol. The molecule has 1 fully saturated rings. The number of amides is 3. The molecule has 1 atom stereocenters. The van der Waals surface area contributed by atoms with Crippen LogP contribution in [0, 0.1) is 11.6 Å². The maximum Gasteiger partial charge on any atom is 0.325 e. The van der Waals surface area contributed by atoms with Gasteiger partial charge in [-0.3, -0.25) is 9.69 Å². The third kappa shape index (κ3) is 2.73. The Morgan fingerprint density at radius 1 is 1.17 bits per heavy atom. The molecular weight excluding hydrogens is 338 g/mol. The molecule has 2 aromatic carbocycles. The van der Waals surface area contributed by atoms with Crippen molar-refractivity contribution in [1.82, 2.24) is 10.2 Å². The minimum absolute atomic E-state index is 0.0161. The molecule has 0 unspecified atom stereocenters. The lowest BCUT2D eigenvalue weighted by Gasteiger charge is -2.23. The highest BCUT2D eigenvalue weighted by Crippen LogP contribution is 2.32. The zero-order chi connectivity index (χ0) is 17.5. The number of nitrogens with one attached hydrogen (secondary N) is 1. The van der Waals surface area contributed by atoms with Crippen molar-refractivity contribution in [3.05, 3.63) is 70.2 Å². The molecule has 0 radical (unpaired) electrons. The third-order valence-electron chi connectivity index (χ3n) is 3.97. The molecule has 3 amide bonds. The van der Waals surface area contributed by atoms with Crippen LogP contribution in [0.25, 0.3) is 0 Å². The van der Waals surface area contributed by atoms with E-state index in [2.05, 4.69) is 5.32 Å². The van der Waals surface area contributed by atoms with E-state index in [4.69, 9.17) is 11.6 Å². The van der Waals surface area contributed by atoms with Gasteiger partial charge in [-0.05, 0) is 42.8 Å². The van der Waals surface area contributed by atoms with Gasteiger partial charge < -0.3 is 5.32 Å². The van der Waals surface area contributed by atoms with Crippen LogP contribution in [0.2, 0.25) is 5.02 Å². The van der Waals surface area contributed by atoms with E-state index in [1.807, 2.05) is 0 Å². The van der Waals surface area contributed by atoms with Gasteiger partial charge in [0.2, 0.25) is 0 Å². The minimum Gasteiger partial charge on any atom is -0.319 e. The molecular formula is C17H13ClF2N2O2. The van der Waals surface area contributed by atoms with Crippen LogP contribution in [-0.2, 0) is 16.9 Å². The Morgan fingerprint density at radius 2 is 1.92 bits per heavy atom. The van der Waals surface area contributed by atoms with Gasteiger partial charge in [0.1, 0.15) is 17.2 Å². The SMILES string of the molecule is C[C@@]1(c2cc(F)ccc2F)NC(=O)N(Cc2cccc(Cl)c2)C1=O. The molecule has 0 aromatic heterocycles. The Labute approximate surface area is 142 Å². The number of carbonyl (C=O) groups is 2. The zero-order valence-electron chi connectivity index (χ0n) is 12.6. The number of benzene rings is 2. The van der Waals surface area contributed by atoms with Crippen molar-refractivity contribution in [3.8, 4) is 0 Å². The first-order chi connectivity index (χ1) is 11.3. The summed E-state index contributed by atoms with van der Waals surface area (Å²) in [7, 11) is 0. The van der Waals surface area contributed by atoms with Crippen LogP contribution in [0.4, 0.5) is 13.6 Å². The lowest BCUT2D eigenvalue weighted by molar-refractivity contribution is -0.131. The lowest BCUT2D eigenvalue weighted by atomic mass is 9.91. The average Bonchev–Trinajstić information content (AvgIpc) is 2.74. The van der Waals surface area contributed by atoms with Gasteiger partial charge >= 0.3 is 6.03 Å². The first kappa shape index (κ1) is 16.4. The van der Waals surface area contributed by atoms with Crippen LogP contribution in [0.15, 0.2) is 42.5 Å². The van der Waals surface area contributed by atoms with E-state index in [1.54, 1.807) is 24.3 Å². The van der Waals surface area contributed by atoms with Crippen molar-refractivity contribution in [2.24, 2.45) is 0 Å². The van der Waals surface area contributed by atoms with Gasteiger partial charge in [-0.2, -0.15) is 0 Å². The summed E-state index contributed by atoms with van der Waals surface area (Å²) in [6, 6.07) is 8.82. The number of nitrogens with zero attached hydrogens (tertiary/aromatic N) is 1. The fourth-order valence-corrected chi connectivity index (χ4v) is 2.93. The molecule has 1 heterocycles. The van der Waals surface area contributed by atoms with Crippen molar-refractivity contribution in [1.29, 1.82) is 0 Å². The Kier molecular flexibility index (Phi) is 4.01. The Bertz CT molecular complexity index is 843. The summed E-state index contributed by atoms with van der Waals surface area (Å²) in [5.41, 5.74) is -1.23. The van der Waals surface area contributed by atoms with Crippen molar-refractivity contribution in [3.63, 3.8) is 0 Å². The number of carbonyl (C=O) groups excluding carboxylic acids is 2. The molecule has 24 heavy (non-hydrogen) atoms. The van der Waals surface area contributed by atoms with Crippen LogP contribution in [0.3, 0.4) is 0 Å². The maximum atomic E-state index is 14.1. The predicted octanol–water partition coefficient (Wildman–Crippen LogP) is 3.59. The number of rotatable bonds is 3. The molecule has 3 rings (SSSR count). The molecule has 124 valence electrons. The second-order valence-electron chi connectivity index (χ2n) is 5.70. The molecule has 0 saturated carbocycles. The average molecular weight is 351 g/mol. The molecule has 1 aliphatic rings. The second kappa shape index (κ2) is 5.87. The number of imide groups is 1. The van der Waals surface area contributed by atoms with Gasteiger partial charge in [-0.25, -0.2) is 13.6 Å². The Hall–Kier alpha value is -2.47. The van der Waals surface area contributed by atoms with Crippen molar-refractivity contribution < 1.29 is 18.4 Å². The van der Waals surface area contributed by atoms with Crippen LogP contribution in [-0.4, -0.2) is 16.8 Å². The van der Waals surface area contributed by atoms with Crippen molar-refractivity contribution in [2.45, 2.75) is 19.0 Å². The fourth-order valence-electron chi connectivity index (χ4n) is 2.72. The van der Waals surface area contributed by atoms with Gasteiger partial charge in [0.15, 0.2) is 0 Å². The summed E-state index contributed by atoms with van der Waals surface area (Å²) in [6.07, 6.45) is 0. The van der Waals surface area contributed by atoms with Crippen LogP contribution >= 0.6 is 11.6 Å². The lowest BCUT2D eigenvalue weighted by Crippen LogP contribution is -2.41. The first-order valence-corrected chi connectivity index (χ1v) is 7.53. The Balaban J connectivity index is 1.95. The number of halogens is 3. The highest BCUT2D eigenvalue weighted by molar-refractivity contribution is 6.30. The first-order valence-electron chi connectivity index (χ1n) is 7.15. The summed E-state index contributed by atoms with van der Waals surface area (Å²) in [6.45, 7) is 1.33. The summed E-state index contributed by atoms with van der Waals surface area (Å²) in [5, 5.41) is 2.92. The van der Waals surface area contributed by atoms with Gasteiger partial charge in [-0.1, -0.05) is 23.7 Å². The van der Waals surface area contributed by atoms with Crippen molar-refractivity contribution in [2.75, 3.05) is 0 Å². The van der Waals surface area contributed by atoms with E-state index in [0.29, 0.717) is 10.6 Å². The topological polar surface area (TPSA) is 49.4 Å². The second-order valence-corrected chi connectivity index (χ2v) is 6.14. The van der Waals surface area contributed by atoms with Crippen LogP contribution < -0.4 is 5.32 Å². The van der Waals surface area contributed by atoms with E-state index in [-0.39, 0.29) is 12.1 Å². The normalized spacial score (nSPS) is 20.4. The minimum atomic E-state index is -1.66. The highest BCUT2D eigenvalue weighted by atomic mass is 35.5. The standard InChI is InChI=1S/C17H13ClF2N2O2/c1-17(13-8-12(19)5-6-14(13)20)15(23)22(16(24)21-17)9-10-3-2-4-11(18)7-10/h2-8H,9H2,1H3,(H,21,24)/t17-/m0/s1. The van der Waals surface area contributed by atoms with Crippen molar-refractivity contribution >= 4 is 23.5 Å². The zero-order valence-corrected chi connectivity index (χ0v) is 13.4. The summed E-state index contributed by atoms with van der Waals surface area (Å²) < 4.78 is 27.5. The summed E-state index contributed by atoms with van der Waals surface area (Å²) >= 11 is 5.90. The quantitative estimate of drug-likeness (QED) is 0.860. The van der Waals surface area contributed by atoms with Gasteiger partial charge in [0.25, 0.3) is 5.91 Å². The number of urea groups is 1. The highest BCUT2D eigenvalue weighted by Gasteiger charge is 2.50. The number of hydrogen-bond acceptors (Lipinski definition) is 2. The smallest absolute Gasteiger partial charge is 0.319 e. The molecule has 4 nitrogen and oxygen atoms in total. The van der Waals surface area contributed by atoms with E-state index in [9.17, 15) is 18.4 Å². The third-order valence-corrected chi connectivity index (χ3v) is 4.21. The monoisotopic (exact) mass is 350 g/mol. The van der Waals surface area contributed by atoms with E-state index < -0.39 is 29.1 Å². The number of hydrogen-bond donors (Lipinski definition) is 1. The fraction of sp³-hybridized carbons (Fsp3) is 0.176. The molecule has 0 spiro atoms.